The summed E-state index contributed by atoms with van der Waals surface area (Å²) in [4.78, 5) is 10.1. The van der Waals surface area contributed by atoms with Crippen molar-refractivity contribution in [2.75, 3.05) is 12.4 Å². The minimum absolute atomic E-state index is 0.0105. The molecule has 0 aliphatic carbocycles. The summed E-state index contributed by atoms with van der Waals surface area (Å²) in [7, 11) is 0. The lowest BCUT2D eigenvalue weighted by atomic mass is 10.3. The van der Waals surface area contributed by atoms with Gasteiger partial charge in [-0.2, -0.15) is 12.6 Å². The molecule has 0 unspecified atom stereocenters. The number of hydrogen-bond acceptors (Lipinski definition) is 4. The zero-order valence-electron chi connectivity index (χ0n) is 8.30. The molecule has 0 aliphatic heterocycles. The van der Waals surface area contributed by atoms with Gasteiger partial charge in [-0.1, -0.05) is 12.2 Å². The number of nitro benzene ring substituents is 1. The third-order valence-corrected chi connectivity index (χ3v) is 2.60. The van der Waals surface area contributed by atoms with Crippen LogP contribution in [0.25, 0.3) is 0 Å². The molecule has 0 aromatic heterocycles. The Kier molecular flexibility index (Phi) is 5.34. The van der Waals surface area contributed by atoms with Crippen molar-refractivity contribution in [1.82, 2.24) is 0 Å². The highest BCUT2D eigenvalue weighted by atomic mass is 79.9. The van der Waals surface area contributed by atoms with Crippen LogP contribution in [0.2, 0.25) is 0 Å². The van der Waals surface area contributed by atoms with Crippen LogP contribution in [-0.4, -0.2) is 17.3 Å². The highest BCUT2D eigenvalue weighted by molar-refractivity contribution is 9.10. The van der Waals surface area contributed by atoms with Crippen LogP contribution in [0.1, 0.15) is 0 Å². The van der Waals surface area contributed by atoms with Crippen molar-refractivity contribution in [2.45, 2.75) is 0 Å². The molecule has 0 atom stereocenters. The highest BCUT2D eigenvalue weighted by Crippen LogP contribution is 2.29. The van der Waals surface area contributed by atoms with E-state index in [0.717, 1.165) is 0 Å². The zero-order valence-corrected chi connectivity index (χ0v) is 10.8. The molecule has 16 heavy (non-hydrogen) atoms. The van der Waals surface area contributed by atoms with E-state index < -0.39 is 4.92 Å². The minimum Gasteiger partial charge on any atom is -0.488 e. The molecule has 0 radical (unpaired) electrons. The maximum atomic E-state index is 10.6. The van der Waals surface area contributed by atoms with Crippen molar-refractivity contribution in [1.29, 1.82) is 0 Å². The van der Waals surface area contributed by atoms with Gasteiger partial charge in [-0.15, -0.1) is 0 Å². The molecule has 0 heterocycles. The Bertz CT molecular complexity index is 409. The number of nitro groups is 1. The second kappa shape index (κ2) is 6.55. The summed E-state index contributed by atoms with van der Waals surface area (Å²) in [5.74, 6) is 1.09. The molecule has 1 aromatic carbocycles. The largest absolute Gasteiger partial charge is 0.488 e. The van der Waals surface area contributed by atoms with Crippen LogP contribution in [0, 0.1) is 10.1 Å². The molecule has 0 amide bonds. The Labute approximate surface area is 107 Å². The van der Waals surface area contributed by atoms with Gasteiger partial charge >= 0.3 is 0 Å². The SMILES string of the molecule is O=[N+]([O-])c1ccc(Br)c(OC/C=C/CS)c1. The summed E-state index contributed by atoms with van der Waals surface area (Å²) in [6.45, 7) is 0.361. The lowest BCUT2D eigenvalue weighted by molar-refractivity contribution is -0.384. The molecule has 1 aromatic rings. The van der Waals surface area contributed by atoms with E-state index in [2.05, 4.69) is 28.6 Å². The molecule has 4 nitrogen and oxygen atoms in total. The summed E-state index contributed by atoms with van der Waals surface area (Å²) in [6, 6.07) is 4.40. The van der Waals surface area contributed by atoms with Gasteiger partial charge in [-0.25, -0.2) is 0 Å². The average Bonchev–Trinajstić information content (AvgIpc) is 2.26. The molecular weight excluding hydrogens is 294 g/mol. The maximum Gasteiger partial charge on any atom is 0.273 e. The Morgan fingerprint density at radius 3 is 2.88 bits per heavy atom. The van der Waals surface area contributed by atoms with Gasteiger partial charge in [0.2, 0.25) is 0 Å². The number of rotatable bonds is 5. The molecule has 0 fully saturated rings. The quantitative estimate of drug-likeness (QED) is 0.393. The van der Waals surface area contributed by atoms with Gasteiger partial charge in [0.25, 0.3) is 5.69 Å². The highest BCUT2D eigenvalue weighted by Gasteiger charge is 2.09. The fourth-order valence-corrected chi connectivity index (χ4v) is 1.51. The van der Waals surface area contributed by atoms with Crippen molar-refractivity contribution in [2.24, 2.45) is 0 Å². The van der Waals surface area contributed by atoms with Gasteiger partial charge in [-0.05, 0) is 22.0 Å². The summed E-state index contributed by atoms with van der Waals surface area (Å²) in [5.41, 5.74) is 0.0105. The molecular formula is C10H10BrNO3S. The molecule has 0 N–H and O–H groups in total. The topological polar surface area (TPSA) is 52.4 Å². The Morgan fingerprint density at radius 2 is 2.25 bits per heavy atom. The molecule has 1 rings (SSSR count). The third-order valence-electron chi connectivity index (χ3n) is 1.73. The first-order valence-electron chi connectivity index (χ1n) is 4.47. The van der Waals surface area contributed by atoms with Gasteiger partial charge in [0, 0.05) is 11.8 Å². The number of non-ortho nitro benzene ring substituents is 1. The molecule has 6 heteroatoms. The lowest BCUT2D eigenvalue weighted by Crippen LogP contribution is -1.96. The van der Waals surface area contributed by atoms with Crippen molar-refractivity contribution < 1.29 is 9.66 Å². The summed E-state index contributed by atoms with van der Waals surface area (Å²) in [6.07, 6.45) is 3.65. The minimum atomic E-state index is -0.455. The monoisotopic (exact) mass is 303 g/mol. The normalized spacial score (nSPS) is 10.6. The number of ether oxygens (including phenoxy) is 1. The lowest BCUT2D eigenvalue weighted by Gasteiger charge is -2.05. The smallest absolute Gasteiger partial charge is 0.273 e. The van der Waals surface area contributed by atoms with Crippen molar-refractivity contribution >= 4 is 34.2 Å². The second-order valence-electron chi connectivity index (χ2n) is 2.84. The third kappa shape index (κ3) is 3.86. The van der Waals surface area contributed by atoms with E-state index in [4.69, 9.17) is 4.74 Å². The van der Waals surface area contributed by atoms with Gasteiger partial charge in [0.1, 0.15) is 12.4 Å². The maximum absolute atomic E-state index is 10.6. The van der Waals surface area contributed by atoms with Crippen LogP contribution in [0.5, 0.6) is 5.75 Å². The first kappa shape index (κ1) is 13.1. The van der Waals surface area contributed by atoms with E-state index in [-0.39, 0.29) is 5.69 Å². The Morgan fingerprint density at radius 1 is 1.50 bits per heavy atom. The molecule has 0 bridgehead atoms. The number of nitrogens with zero attached hydrogens (tertiary/aromatic N) is 1. The predicted molar refractivity (Wildman–Crippen MR) is 69.3 cm³/mol. The van der Waals surface area contributed by atoms with E-state index in [1.807, 2.05) is 6.08 Å². The predicted octanol–water partition coefficient (Wildman–Crippen LogP) is 3.22. The fraction of sp³-hybridized carbons (Fsp3) is 0.200. The molecule has 0 aliphatic rings. The van der Waals surface area contributed by atoms with Crippen molar-refractivity contribution in [3.05, 3.63) is 44.9 Å². The molecule has 0 spiro atoms. The number of halogens is 1. The van der Waals surface area contributed by atoms with E-state index in [1.54, 1.807) is 12.1 Å². The Balaban J connectivity index is 2.74. The average molecular weight is 304 g/mol. The van der Waals surface area contributed by atoms with Gasteiger partial charge in [0.05, 0.1) is 15.5 Å². The molecule has 0 saturated carbocycles. The van der Waals surface area contributed by atoms with Crippen LogP contribution in [0.3, 0.4) is 0 Å². The second-order valence-corrected chi connectivity index (χ2v) is 4.06. The first-order valence-corrected chi connectivity index (χ1v) is 5.90. The van der Waals surface area contributed by atoms with E-state index in [0.29, 0.717) is 22.6 Å². The summed E-state index contributed by atoms with van der Waals surface area (Å²) in [5, 5.41) is 10.6. The number of hydrogen-bond donors (Lipinski definition) is 1. The van der Waals surface area contributed by atoms with Crippen LogP contribution >= 0.6 is 28.6 Å². The summed E-state index contributed by atoms with van der Waals surface area (Å²) >= 11 is 7.27. The van der Waals surface area contributed by atoms with Crippen molar-refractivity contribution in [3.63, 3.8) is 0 Å². The van der Waals surface area contributed by atoms with Gasteiger partial charge in [-0.3, -0.25) is 10.1 Å². The first-order chi connectivity index (χ1) is 7.65. The Hall–Kier alpha value is -1.01. The van der Waals surface area contributed by atoms with E-state index in [9.17, 15) is 10.1 Å². The zero-order chi connectivity index (χ0) is 12.0. The molecule has 86 valence electrons. The van der Waals surface area contributed by atoms with Crippen molar-refractivity contribution in [3.8, 4) is 5.75 Å². The van der Waals surface area contributed by atoms with Crippen LogP contribution in [0.15, 0.2) is 34.8 Å². The van der Waals surface area contributed by atoms with E-state index >= 15 is 0 Å². The van der Waals surface area contributed by atoms with Gasteiger partial charge in [0.15, 0.2) is 0 Å². The van der Waals surface area contributed by atoms with Crippen LogP contribution in [0.4, 0.5) is 5.69 Å². The number of benzene rings is 1. The standard InChI is InChI=1S/C10H10BrNO3S/c11-9-4-3-8(12(13)14)7-10(9)15-5-1-2-6-16/h1-4,7,16H,5-6H2/b2-1+. The fourth-order valence-electron chi connectivity index (χ4n) is 0.997. The van der Waals surface area contributed by atoms with Crippen LogP contribution < -0.4 is 4.74 Å². The number of thiol groups is 1. The van der Waals surface area contributed by atoms with E-state index in [1.165, 1.54) is 12.1 Å². The summed E-state index contributed by atoms with van der Waals surface area (Å²) < 4.78 is 6.05. The van der Waals surface area contributed by atoms with Gasteiger partial charge < -0.3 is 4.74 Å². The van der Waals surface area contributed by atoms with Crippen LogP contribution in [-0.2, 0) is 0 Å². The molecule has 0 saturated heterocycles.